The van der Waals surface area contributed by atoms with Gasteiger partial charge in [-0.1, -0.05) is 11.6 Å². The van der Waals surface area contributed by atoms with Gasteiger partial charge >= 0.3 is 0 Å². The number of rotatable bonds is 3. The van der Waals surface area contributed by atoms with Crippen molar-refractivity contribution in [3.63, 3.8) is 0 Å². The van der Waals surface area contributed by atoms with Crippen molar-refractivity contribution in [1.29, 1.82) is 0 Å². The van der Waals surface area contributed by atoms with E-state index in [0.29, 0.717) is 6.04 Å². The number of aromatic nitrogens is 2. The van der Waals surface area contributed by atoms with Crippen LogP contribution in [0.5, 0.6) is 0 Å². The van der Waals surface area contributed by atoms with E-state index in [1.54, 1.807) is 12.4 Å². The molecule has 2 heterocycles. The van der Waals surface area contributed by atoms with E-state index in [1.807, 2.05) is 6.07 Å². The molecule has 1 aliphatic heterocycles. The summed E-state index contributed by atoms with van der Waals surface area (Å²) in [6, 6.07) is 6.66. The Bertz CT molecular complexity index is 602. The van der Waals surface area contributed by atoms with Gasteiger partial charge in [0.15, 0.2) is 0 Å². The van der Waals surface area contributed by atoms with Gasteiger partial charge in [-0.2, -0.15) is 0 Å². The number of hydrogen-bond donors (Lipinski definition) is 1. The molecule has 0 aliphatic carbocycles. The van der Waals surface area contributed by atoms with E-state index in [2.05, 4.69) is 39.2 Å². The molecule has 5 heteroatoms. The summed E-state index contributed by atoms with van der Waals surface area (Å²) < 4.78 is 0. The van der Waals surface area contributed by atoms with E-state index in [9.17, 15) is 0 Å². The quantitative estimate of drug-likeness (QED) is 0.920. The molecule has 1 atom stereocenters. The zero-order valence-corrected chi connectivity index (χ0v) is 12.8. The van der Waals surface area contributed by atoms with Crippen molar-refractivity contribution < 1.29 is 0 Å². The third kappa shape index (κ3) is 3.27. The van der Waals surface area contributed by atoms with Crippen molar-refractivity contribution in [3.8, 4) is 0 Å². The first kappa shape index (κ1) is 14.1. The predicted octanol–water partition coefficient (Wildman–Crippen LogP) is 4.25. The lowest BCUT2D eigenvalue weighted by molar-refractivity contribution is 0.485. The second-order valence-corrected chi connectivity index (χ2v) is 5.86. The molecule has 1 aromatic heterocycles. The molecular formula is C16H19ClN4. The molecule has 0 spiro atoms. The van der Waals surface area contributed by atoms with Crippen LogP contribution in [0, 0.1) is 0 Å². The molecule has 21 heavy (non-hydrogen) atoms. The molecule has 1 aliphatic rings. The van der Waals surface area contributed by atoms with Gasteiger partial charge in [-0.05, 0) is 44.4 Å². The van der Waals surface area contributed by atoms with Gasteiger partial charge in [-0.25, -0.2) is 9.97 Å². The highest BCUT2D eigenvalue weighted by atomic mass is 35.5. The zero-order valence-electron chi connectivity index (χ0n) is 12.1. The molecule has 0 saturated carbocycles. The highest BCUT2D eigenvalue weighted by Crippen LogP contribution is 2.33. The van der Waals surface area contributed by atoms with Gasteiger partial charge < -0.3 is 10.2 Å². The number of anilines is 3. The zero-order chi connectivity index (χ0) is 14.7. The van der Waals surface area contributed by atoms with E-state index < -0.39 is 0 Å². The maximum atomic E-state index is 6.48. The Balaban J connectivity index is 1.79. The second-order valence-electron chi connectivity index (χ2n) is 5.46. The molecule has 110 valence electrons. The van der Waals surface area contributed by atoms with Crippen molar-refractivity contribution in [1.82, 2.24) is 9.97 Å². The van der Waals surface area contributed by atoms with Crippen LogP contribution in [0.15, 0.2) is 36.9 Å². The number of piperidine rings is 1. The Hall–Kier alpha value is -1.81. The molecule has 1 saturated heterocycles. The van der Waals surface area contributed by atoms with Crippen LogP contribution < -0.4 is 10.2 Å². The number of nitrogens with one attached hydrogen (secondary N) is 1. The van der Waals surface area contributed by atoms with Gasteiger partial charge in [0.25, 0.3) is 0 Å². The van der Waals surface area contributed by atoms with Crippen LogP contribution in [0.3, 0.4) is 0 Å². The van der Waals surface area contributed by atoms with E-state index >= 15 is 0 Å². The first-order valence-electron chi connectivity index (χ1n) is 7.32. The van der Waals surface area contributed by atoms with Crippen LogP contribution in [0.1, 0.15) is 26.2 Å². The molecule has 0 radical (unpaired) electrons. The Labute approximate surface area is 130 Å². The fourth-order valence-electron chi connectivity index (χ4n) is 2.80. The number of halogens is 1. The highest BCUT2D eigenvalue weighted by molar-refractivity contribution is 6.33. The number of hydrogen-bond acceptors (Lipinski definition) is 4. The minimum Gasteiger partial charge on any atom is -0.368 e. The average Bonchev–Trinajstić information content (AvgIpc) is 2.50. The van der Waals surface area contributed by atoms with Gasteiger partial charge in [0.2, 0.25) is 0 Å². The minimum atomic E-state index is 0.553. The molecule has 2 aromatic rings. The van der Waals surface area contributed by atoms with Gasteiger partial charge in [0.05, 0.1) is 28.8 Å². The Morgan fingerprint density at radius 3 is 2.71 bits per heavy atom. The molecule has 3 rings (SSSR count). The molecule has 1 aromatic carbocycles. The summed E-state index contributed by atoms with van der Waals surface area (Å²) in [7, 11) is 0. The normalized spacial score (nSPS) is 18.6. The molecule has 4 nitrogen and oxygen atoms in total. The summed E-state index contributed by atoms with van der Waals surface area (Å²) in [6.07, 6.45) is 8.77. The van der Waals surface area contributed by atoms with E-state index in [4.69, 9.17) is 11.6 Å². The lowest BCUT2D eigenvalue weighted by atomic mass is 10.0. The first-order chi connectivity index (χ1) is 10.2. The van der Waals surface area contributed by atoms with Crippen molar-refractivity contribution in [2.24, 2.45) is 0 Å². The molecule has 1 unspecified atom stereocenters. The summed E-state index contributed by atoms with van der Waals surface area (Å²) in [5, 5.41) is 4.04. The van der Waals surface area contributed by atoms with Crippen molar-refractivity contribution in [2.45, 2.75) is 32.2 Å². The number of benzene rings is 1. The largest absolute Gasteiger partial charge is 0.368 e. The van der Waals surface area contributed by atoms with E-state index in [1.165, 1.54) is 25.6 Å². The third-order valence-corrected chi connectivity index (χ3v) is 4.21. The number of nitrogens with zero attached hydrogens (tertiary/aromatic N) is 3. The summed E-state index contributed by atoms with van der Waals surface area (Å²) in [4.78, 5) is 10.4. The van der Waals surface area contributed by atoms with Crippen LogP contribution in [0.25, 0.3) is 0 Å². The van der Waals surface area contributed by atoms with Crippen LogP contribution in [-0.2, 0) is 0 Å². The van der Waals surface area contributed by atoms with E-state index in [-0.39, 0.29) is 0 Å². The second kappa shape index (κ2) is 6.31. The SMILES string of the molecule is CC1CCCCN1c1ccc(Nc2cncnc2)cc1Cl. The van der Waals surface area contributed by atoms with Gasteiger partial charge in [0.1, 0.15) is 6.33 Å². The summed E-state index contributed by atoms with van der Waals surface area (Å²) >= 11 is 6.48. The monoisotopic (exact) mass is 302 g/mol. The Morgan fingerprint density at radius 2 is 2.00 bits per heavy atom. The first-order valence-corrected chi connectivity index (χ1v) is 7.70. The van der Waals surface area contributed by atoms with Gasteiger partial charge in [0, 0.05) is 18.3 Å². The third-order valence-electron chi connectivity index (χ3n) is 3.91. The standard InChI is InChI=1S/C16H19ClN4/c1-12-4-2-3-7-21(12)16-6-5-13(8-15(16)17)20-14-9-18-11-19-10-14/h5-6,8-12,20H,2-4,7H2,1H3. The maximum absolute atomic E-state index is 6.48. The van der Waals surface area contributed by atoms with Crippen molar-refractivity contribution in [3.05, 3.63) is 41.9 Å². The fraction of sp³-hybridized carbons (Fsp3) is 0.375. The van der Waals surface area contributed by atoms with Crippen molar-refractivity contribution >= 4 is 28.7 Å². The Morgan fingerprint density at radius 1 is 1.19 bits per heavy atom. The maximum Gasteiger partial charge on any atom is 0.115 e. The van der Waals surface area contributed by atoms with Gasteiger partial charge in [-0.15, -0.1) is 0 Å². The smallest absolute Gasteiger partial charge is 0.115 e. The highest BCUT2D eigenvalue weighted by Gasteiger charge is 2.20. The molecule has 0 amide bonds. The molecule has 0 bridgehead atoms. The summed E-state index contributed by atoms with van der Waals surface area (Å²) in [5.41, 5.74) is 2.93. The van der Waals surface area contributed by atoms with Crippen LogP contribution in [-0.4, -0.2) is 22.6 Å². The van der Waals surface area contributed by atoms with Crippen LogP contribution in [0.2, 0.25) is 5.02 Å². The molecule has 1 fully saturated rings. The average molecular weight is 303 g/mol. The van der Waals surface area contributed by atoms with Crippen LogP contribution in [0.4, 0.5) is 17.1 Å². The lowest BCUT2D eigenvalue weighted by Gasteiger charge is -2.36. The van der Waals surface area contributed by atoms with Crippen molar-refractivity contribution in [2.75, 3.05) is 16.8 Å². The Kier molecular flexibility index (Phi) is 4.25. The topological polar surface area (TPSA) is 41.0 Å². The molecular weight excluding hydrogens is 284 g/mol. The van der Waals surface area contributed by atoms with Gasteiger partial charge in [-0.3, -0.25) is 0 Å². The summed E-state index contributed by atoms with van der Waals surface area (Å²) in [6.45, 7) is 3.35. The lowest BCUT2D eigenvalue weighted by Crippen LogP contribution is -2.37. The van der Waals surface area contributed by atoms with Crippen LogP contribution >= 0.6 is 11.6 Å². The van der Waals surface area contributed by atoms with E-state index in [0.717, 1.165) is 28.6 Å². The predicted molar refractivity (Wildman–Crippen MR) is 87.4 cm³/mol. The fourth-order valence-corrected chi connectivity index (χ4v) is 3.09. The minimum absolute atomic E-state index is 0.553. The molecule has 1 N–H and O–H groups in total. The summed E-state index contributed by atoms with van der Waals surface area (Å²) in [5.74, 6) is 0.